The van der Waals surface area contributed by atoms with Gasteiger partial charge in [-0.3, -0.25) is 4.79 Å². The Morgan fingerprint density at radius 3 is 2.71 bits per heavy atom. The Morgan fingerprint density at radius 2 is 1.94 bits per heavy atom. The standard InChI is InChI=1S/C27H30BN2O4S/c1-4-29(5-2)21-12-10-19-16-20(27(32)34-23(19)17-21)11-13-25-30(14-15-33-26(31)18-28-3)22-8-6-7-9-24(22)35-25/h6-13,16-17,28H,4-5,14-15,18H2,1-3H3/q+1. The number of rotatable bonds is 10. The fraction of sp³-hybridized carbons (Fsp3) is 0.296. The van der Waals surface area contributed by atoms with Gasteiger partial charge in [-0.25, -0.2) is 4.79 Å². The zero-order valence-corrected chi connectivity index (χ0v) is 21.3. The predicted octanol–water partition coefficient (Wildman–Crippen LogP) is 4.76. The lowest BCUT2D eigenvalue weighted by Crippen LogP contribution is -2.37. The molecule has 0 aliphatic carbocycles. The van der Waals surface area contributed by atoms with Gasteiger partial charge in [0.1, 0.15) is 17.6 Å². The molecule has 0 saturated heterocycles. The van der Waals surface area contributed by atoms with Crippen LogP contribution in [0.2, 0.25) is 13.1 Å². The SMILES string of the molecule is CBCC(=O)OCC[n+]1c(/C=C/c2cc3ccc(N(CC)CC)cc3oc2=O)sc2ccccc21. The van der Waals surface area contributed by atoms with Gasteiger partial charge in [0.15, 0.2) is 13.2 Å². The smallest absolute Gasteiger partial charge is 0.343 e. The minimum atomic E-state index is -0.369. The monoisotopic (exact) mass is 489 g/mol. The molecule has 0 N–H and O–H groups in total. The molecular formula is C27H30BN2O4S+. The van der Waals surface area contributed by atoms with Crippen molar-refractivity contribution in [2.24, 2.45) is 0 Å². The maximum absolute atomic E-state index is 12.7. The molecule has 8 heteroatoms. The average Bonchev–Trinajstić information content (AvgIpc) is 3.21. The lowest BCUT2D eigenvalue weighted by molar-refractivity contribution is -0.669. The van der Waals surface area contributed by atoms with Gasteiger partial charge in [0.25, 0.3) is 11.0 Å². The Kier molecular flexibility index (Phi) is 8.03. The fourth-order valence-electron chi connectivity index (χ4n) is 4.11. The first-order valence-electron chi connectivity index (χ1n) is 12.1. The summed E-state index contributed by atoms with van der Waals surface area (Å²) in [4.78, 5) is 26.7. The lowest BCUT2D eigenvalue weighted by Gasteiger charge is -2.20. The van der Waals surface area contributed by atoms with Crippen molar-refractivity contribution in [2.75, 3.05) is 24.6 Å². The van der Waals surface area contributed by atoms with E-state index in [9.17, 15) is 9.59 Å². The largest absolute Gasteiger partial charge is 0.459 e. The summed E-state index contributed by atoms with van der Waals surface area (Å²) in [7, 11) is 0.770. The normalized spacial score (nSPS) is 11.4. The van der Waals surface area contributed by atoms with E-state index in [1.807, 2.05) is 43.2 Å². The highest BCUT2D eigenvalue weighted by molar-refractivity contribution is 7.18. The van der Waals surface area contributed by atoms with Crippen molar-refractivity contribution < 1.29 is 18.5 Å². The van der Waals surface area contributed by atoms with Crippen LogP contribution in [-0.4, -0.2) is 32.9 Å². The number of aromatic nitrogens is 1. The second-order valence-corrected chi connectivity index (χ2v) is 9.31. The van der Waals surface area contributed by atoms with Crippen LogP contribution in [0.5, 0.6) is 0 Å². The van der Waals surface area contributed by atoms with Gasteiger partial charge in [-0.2, -0.15) is 4.57 Å². The number of benzene rings is 2. The van der Waals surface area contributed by atoms with E-state index < -0.39 is 0 Å². The van der Waals surface area contributed by atoms with E-state index in [-0.39, 0.29) is 11.6 Å². The van der Waals surface area contributed by atoms with Gasteiger partial charge in [0.05, 0.1) is 5.56 Å². The number of para-hydroxylation sites is 1. The number of thiazole rings is 1. The molecule has 0 fully saturated rings. The molecule has 2 aromatic heterocycles. The fourth-order valence-corrected chi connectivity index (χ4v) is 5.20. The van der Waals surface area contributed by atoms with Gasteiger partial charge < -0.3 is 14.1 Å². The second kappa shape index (κ2) is 11.4. The van der Waals surface area contributed by atoms with Crippen LogP contribution in [0.3, 0.4) is 0 Å². The third-order valence-electron chi connectivity index (χ3n) is 5.95. The number of nitrogens with zero attached hydrogens (tertiary/aromatic N) is 2. The first-order chi connectivity index (χ1) is 17.0. The van der Waals surface area contributed by atoms with E-state index in [1.165, 1.54) is 0 Å². The molecule has 0 radical (unpaired) electrons. The number of ether oxygens (including phenoxy) is 1. The van der Waals surface area contributed by atoms with Gasteiger partial charge in [-0.1, -0.05) is 30.3 Å². The summed E-state index contributed by atoms with van der Waals surface area (Å²) < 4.78 is 14.3. The molecule has 4 rings (SSSR count). The lowest BCUT2D eigenvalue weighted by atomic mass is 9.78. The van der Waals surface area contributed by atoms with Crippen molar-refractivity contribution in [3.8, 4) is 0 Å². The van der Waals surface area contributed by atoms with E-state index >= 15 is 0 Å². The number of anilines is 1. The summed E-state index contributed by atoms with van der Waals surface area (Å²) in [6, 6.07) is 16.0. The molecular weight excluding hydrogens is 459 g/mol. The van der Waals surface area contributed by atoms with Crippen molar-refractivity contribution in [1.29, 1.82) is 0 Å². The summed E-state index contributed by atoms with van der Waals surface area (Å²) in [5.41, 5.74) is 2.82. The molecule has 35 heavy (non-hydrogen) atoms. The molecule has 0 atom stereocenters. The summed E-state index contributed by atoms with van der Waals surface area (Å²) >= 11 is 1.63. The van der Waals surface area contributed by atoms with Crippen LogP contribution >= 0.6 is 11.3 Å². The Balaban J connectivity index is 1.63. The molecule has 0 saturated carbocycles. The molecule has 4 aromatic rings. The third-order valence-corrected chi connectivity index (χ3v) is 7.08. The highest BCUT2D eigenvalue weighted by Gasteiger charge is 2.19. The van der Waals surface area contributed by atoms with Crippen molar-refractivity contribution >= 4 is 63.6 Å². The van der Waals surface area contributed by atoms with Gasteiger partial charge in [-0.15, -0.1) is 0 Å². The van der Waals surface area contributed by atoms with Crippen molar-refractivity contribution in [3.05, 3.63) is 69.5 Å². The number of esters is 1. The number of carbonyl (C=O) groups excluding carboxylic acids is 1. The molecule has 0 aliphatic heterocycles. The van der Waals surface area contributed by atoms with Crippen LogP contribution in [-0.2, 0) is 16.1 Å². The number of carbonyl (C=O) groups is 1. The van der Waals surface area contributed by atoms with E-state index in [4.69, 9.17) is 9.15 Å². The maximum atomic E-state index is 12.7. The molecule has 0 amide bonds. The molecule has 180 valence electrons. The summed E-state index contributed by atoms with van der Waals surface area (Å²) in [6.07, 6.45) is 4.16. The number of fused-ring (bicyclic) bond motifs is 2. The minimum Gasteiger partial charge on any atom is -0.459 e. The minimum absolute atomic E-state index is 0.178. The van der Waals surface area contributed by atoms with Gasteiger partial charge >= 0.3 is 5.63 Å². The number of hydrogen-bond donors (Lipinski definition) is 0. The highest BCUT2D eigenvalue weighted by atomic mass is 32.1. The van der Waals surface area contributed by atoms with Crippen LogP contribution in [0.4, 0.5) is 5.69 Å². The van der Waals surface area contributed by atoms with E-state index in [1.54, 1.807) is 17.4 Å². The quantitative estimate of drug-likeness (QED) is 0.139. The molecule has 0 bridgehead atoms. The van der Waals surface area contributed by atoms with Gasteiger partial charge in [-0.05, 0) is 44.2 Å². The molecule has 0 unspecified atom stereocenters. The van der Waals surface area contributed by atoms with Crippen molar-refractivity contribution in [2.45, 2.75) is 33.5 Å². The van der Waals surface area contributed by atoms with E-state index in [0.717, 1.165) is 46.7 Å². The zero-order chi connectivity index (χ0) is 24.8. The Bertz CT molecular complexity index is 1420. The van der Waals surface area contributed by atoms with E-state index in [0.29, 0.717) is 30.6 Å². The van der Waals surface area contributed by atoms with Crippen LogP contribution < -0.4 is 15.1 Å². The molecule has 0 aliphatic rings. The second-order valence-electron chi connectivity index (χ2n) is 8.25. The Labute approximate surface area is 209 Å². The van der Waals surface area contributed by atoms with Crippen LogP contribution in [0.15, 0.2) is 57.7 Å². The van der Waals surface area contributed by atoms with E-state index in [2.05, 4.69) is 41.5 Å². The summed E-state index contributed by atoms with van der Waals surface area (Å²) in [5, 5.41) is 1.85. The first kappa shape index (κ1) is 24.7. The van der Waals surface area contributed by atoms with Crippen molar-refractivity contribution in [1.82, 2.24) is 0 Å². The number of hydrogen-bond acceptors (Lipinski definition) is 6. The van der Waals surface area contributed by atoms with Gasteiger partial charge in [0.2, 0.25) is 5.52 Å². The Morgan fingerprint density at radius 1 is 1.14 bits per heavy atom. The molecule has 6 nitrogen and oxygen atoms in total. The predicted molar refractivity (Wildman–Crippen MR) is 146 cm³/mol. The van der Waals surface area contributed by atoms with Crippen LogP contribution in [0, 0.1) is 0 Å². The zero-order valence-electron chi connectivity index (χ0n) is 20.5. The molecule has 2 heterocycles. The molecule has 0 spiro atoms. The third kappa shape index (κ3) is 5.65. The average molecular weight is 489 g/mol. The molecule has 2 aromatic carbocycles. The van der Waals surface area contributed by atoms with Crippen LogP contribution in [0.25, 0.3) is 33.3 Å². The summed E-state index contributed by atoms with van der Waals surface area (Å²) in [6.45, 7) is 8.79. The first-order valence-corrected chi connectivity index (χ1v) is 12.9. The Hall–Kier alpha value is -3.39. The van der Waals surface area contributed by atoms with Crippen molar-refractivity contribution in [3.63, 3.8) is 0 Å². The highest BCUT2D eigenvalue weighted by Crippen LogP contribution is 2.24. The van der Waals surface area contributed by atoms with Crippen LogP contribution in [0.1, 0.15) is 24.4 Å². The topological polar surface area (TPSA) is 63.6 Å². The maximum Gasteiger partial charge on any atom is 0.343 e. The van der Waals surface area contributed by atoms with Gasteiger partial charge in [0, 0.05) is 48.7 Å². The summed E-state index contributed by atoms with van der Waals surface area (Å²) in [5.74, 6) is -0.178.